The Balaban J connectivity index is 1.48. The van der Waals surface area contributed by atoms with Crippen LogP contribution in [-0.2, 0) is 16.0 Å². The fraction of sp³-hybridized carbons (Fsp3) is 0.421. The molecule has 2 aromatic rings. The zero-order valence-corrected chi connectivity index (χ0v) is 15.6. The summed E-state index contributed by atoms with van der Waals surface area (Å²) < 4.78 is 4.67. The summed E-state index contributed by atoms with van der Waals surface area (Å²) in [6.45, 7) is 2.08. The minimum Gasteiger partial charge on any atom is -0.465 e. The summed E-state index contributed by atoms with van der Waals surface area (Å²) in [5, 5.41) is 6.92. The molecule has 0 atom stereocenters. The molecule has 1 aliphatic rings. The van der Waals surface area contributed by atoms with Crippen LogP contribution < -0.4 is 10.6 Å². The molecule has 7 heteroatoms. The van der Waals surface area contributed by atoms with Gasteiger partial charge in [0, 0.05) is 17.5 Å². The number of aryl methyl sites for hydroxylation is 1. The van der Waals surface area contributed by atoms with Gasteiger partial charge in [0.15, 0.2) is 5.13 Å². The molecule has 1 aromatic carbocycles. The minimum absolute atomic E-state index is 0.0479. The van der Waals surface area contributed by atoms with Crippen molar-refractivity contribution in [2.75, 3.05) is 25.5 Å². The predicted molar refractivity (Wildman–Crippen MR) is 102 cm³/mol. The summed E-state index contributed by atoms with van der Waals surface area (Å²) >= 11 is 1.57. The van der Waals surface area contributed by atoms with Crippen molar-refractivity contribution in [3.63, 3.8) is 0 Å². The lowest BCUT2D eigenvalue weighted by atomic mass is 9.97. The van der Waals surface area contributed by atoms with Crippen LogP contribution in [-0.4, -0.2) is 37.1 Å². The molecular formula is C19H23N3O3S. The van der Waals surface area contributed by atoms with Crippen LogP contribution >= 0.6 is 11.3 Å². The van der Waals surface area contributed by atoms with Gasteiger partial charge in [0.1, 0.15) is 0 Å². The van der Waals surface area contributed by atoms with Gasteiger partial charge in [-0.2, -0.15) is 0 Å². The van der Waals surface area contributed by atoms with Gasteiger partial charge in [-0.15, -0.1) is 11.3 Å². The molecule has 1 aromatic heterocycles. The van der Waals surface area contributed by atoms with Gasteiger partial charge in [0.05, 0.1) is 12.7 Å². The van der Waals surface area contributed by atoms with Crippen LogP contribution in [0.3, 0.4) is 0 Å². The van der Waals surface area contributed by atoms with Crippen molar-refractivity contribution in [3.8, 4) is 0 Å². The second-order valence-electron chi connectivity index (χ2n) is 6.33. The van der Waals surface area contributed by atoms with E-state index in [2.05, 4.69) is 20.4 Å². The Morgan fingerprint density at radius 2 is 2.00 bits per heavy atom. The van der Waals surface area contributed by atoms with Gasteiger partial charge < -0.3 is 15.4 Å². The van der Waals surface area contributed by atoms with E-state index in [1.165, 1.54) is 12.0 Å². The second-order valence-corrected chi connectivity index (χ2v) is 7.39. The van der Waals surface area contributed by atoms with E-state index in [0.29, 0.717) is 29.5 Å². The summed E-state index contributed by atoms with van der Waals surface area (Å²) in [6.07, 6.45) is 5.12. The van der Waals surface area contributed by atoms with E-state index in [1.54, 1.807) is 23.5 Å². The Morgan fingerprint density at radius 1 is 1.27 bits per heavy atom. The number of aromatic nitrogens is 1. The third-order valence-corrected chi connectivity index (χ3v) is 5.60. The second kappa shape index (κ2) is 8.91. The lowest BCUT2D eigenvalue weighted by molar-refractivity contribution is -0.116. The number of anilines is 1. The molecule has 1 amide bonds. The quantitative estimate of drug-likeness (QED) is 0.761. The molecule has 0 radical (unpaired) electrons. The molecule has 6 nitrogen and oxygen atoms in total. The topological polar surface area (TPSA) is 80.3 Å². The summed E-state index contributed by atoms with van der Waals surface area (Å²) in [4.78, 5) is 29.2. The van der Waals surface area contributed by atoms with Crippen molar-refractivity contribution in [3.05, 3.63) is 46.5 Å². The van der Waals surface area contributed by atoms with Gasteiger partial charge in [-0.3, -0.25) is 4.79 Å². The molecule has 0 bridgehead atoms. The smallest absolute Gasteiger partial charge is 0.337 e. The first-order chi connectivity index (χ1) is 12.7. The van der Waals surface area contributed by atoms with Crippen LogP contribution in [0.5, 0.6) is 0 Å². The lowest BCUT2D eigenvalue weighted by Gasteiger charge is -2.20. The van der Waals surface area contributed by atoms with E-state index >= 15 is 0 Å². The number of methoxy groups -OCH3 is 1. The van der Waals surface area contributed by atoms with Crippen LogP contribution in [0.2, 0.25) is 0 Å². The minimum atomic E-state index is -0.359. The van der Waals surface area contributed by atoms with Crippen molar-refractivity contribution in [1.29, 1.82) is 0 Å². The number of hydrogen-bond donors (Lipinski definition) is 2. The first-order valence-corrected chi connectivity index (χ1v) is 9.61. The molecule has 0 spiro atoms. The standard InChI is InChI=1S/C19H23N3O3S/c1-25-18(24)15-5-2-13(3-6-15)4-7-17(23)22-19-21-12-16(26-19)14-8-10-20-11-9-14/h2-3,5-6,12,14,20H,4,7-11H2,1H3,(H,21,22,23). The summed E-state index contributed by atoms with van der Waals surface area (Å²) in [6, 6.07) is 7.12. The molecule has 3 rings (SSSR count). The zero-order valence-electron chi connectivity index (χ0n) is 14.8. The molecule has 0 saturated carbocycles. The van der Waals surface area contributed by atoms with Gasteiger partial charge >= 0.3 is 5.97 Å². The number of ether oxygens (including phenoxy) is 1. The third-order valence-electron chi connectivity index (χ3n) is 4.53. The third kappa shape index (κ3) is 4.89. The Bertz CT molecular complexity index is 752. The molecule has 2 heterocycles. The Labute approximate surface area is 157 Å². The van der Waals surface area contributed by atoms with Gasteiger partial charge in [-0.05, 0) is 56.0 Å². The number of carbonyl (C=O) groups excluding carboxylic acids is 2. The van der Waals surface area contributed by atoms with E-state index in [1.807, 2.05) is 18.3 Å². The highest BCUT2D eigenvalue weighted by atomic mass is 32.1. The van der Waals surface area contributed by atoms with Gasteiger partial charge in [0.2, 0.25) is 5.91 Å². The molecule has 1 saturated heterocycles. The maximum atomic E-state index is 12.2. The molecule has 1 aliphatic heterocycles. The van der Waals surface area contributed by atoms with Crippen molar-refractivity contribution < 1.29 is 14.3 Å². The maximum absolute atomic E-state index is 12.2. The fourth-order valence-electron chi connectivity index (χ4n) is 3.00. The average molecular weight is 373 g/mol. The number of rotatable bonds is 6. The van der Waals surface area contributed by atoms with E-state index in [0.717, 1.165) is 31.5 Å². The predicted octanol–water partition coefficient (Wildman–Crippen LogP) is 2.97. The van der Waals surface area contributed by atoms with E-state index in [4.69, 9.17) is 0 Å². The average Bonchev–Trinajstić information content (AvgIpc) is 3.15. The molecule has 26 heavy (non-hydrogen) atoms. The normalized spacial score (nSPS) is 14.8. The maximum Gasteiger partial charge on any atom is 0.337 e. The van der Waals surface area contributed by atoms with Crippen molar-refractivity contribution in [2.24, 2.45) is 0 Å². The first kappa shape index (κ1) is 18.5. The Hall–Kier alpha value is -2.25. The monoisotopic (exact) mass is 373 g/mol. The largest absolute Gasteiger partial charge is 0.465 e. The summed E-state index contributed by atoms with van der Waals surface area (Å²) in [7, 11) is 1.36. The summed E-state index contributed by atoms with van der Waals surface area (Å²) in [5.41, 5.74) is 1.51. The number of esters is 1. The van der Waals surface area contributed by atoms with E-state index in [9.17, 15) is 9.59 Å². The number of carbonyl (C=O) groups is 2. The number of amides is 1. The van der Waals surface area contributed by atoms with Gasteiger partial charge in [0.25, 0.3) is 0 Å². The van der Waals surface area contributed by atoms with Crippen molar-refractivity contribution >= 4 is 28.3 Å². The van der Waals surface area contributed by atoms with Crippen LogP contribution in [0.4, 0.5) is 5.13 Å². The number of nitrogens with one attached hydrogen (secondary N) is 2. The van der Waals surface area contributed by atoms with Crippen molar-refractivity contribution in [1.82, 2.24) is 10.3 Å². The number of hydrogen-bond acceptors (Lipinski definition) is 6. The first-order valence-electron chi connectivity index (χ1n) is 8.79. The van der Waals surface area contributed by atoms with Crippen molar-refractivity contribution in [2.45, 2.75) is 31.6 Å². The van der Waals surface area contributed by atoms with E-state index < -0.39 is 0 Å². The lowest BCUT2D eigenvalue weighted by Crippen LogP contribution is -2.26. The van der Waals surface area contributed by atoms with Crippen LogP contribution in [0.15, 0.2) is 30.5 Å². The van der Waals surface area contributed by atoms with Gasteiger partial charge in [-0.25, -0.2) is 9.78 Å². The molecule has 138 valence electrons. The highest BCUT2D eigenvalue weighted by molar-refractivity contribution is 7.15. The Kier molecular flexibility index (Phi) is 6.35. The zero-order chi connectivity index (χ0) is 18.4. The molecule has 0 unspecified atom stereocenters. The number of thiazole rings is 1. The molecule has 0 aliphatic carbocycles. The molecule has 1 fully saturated rings. The number of piperidine rings is 1. The molecular weight excluding hydrogens is 350 g/mol. The van der Waals surface area contributed by atoms with Gasteiger partial charge in [-0.1, -0.05) is 12.1 Å². The SMILES string of the molecule is COC(=O)c1ccc(CCC(=O)Nc2ncc(C3CCNCC3)s2)cc1. The van der Waals surface area contributed by atoms with Crippen LogP contribution in [0.25, 0.3) is 0 Å². The van der Waals surface area contributed by atoms with Crippen LogP contribution in [0, 0.1) is 0 Å². The highest BCUT2D eigenvalue weighted by Crippen LogP contribution is 2.31. The fourth-order valence-corrected chi connectivity index (χ4v) is 4.01. The van der Waals surface area contributed by atoms with E-state index in [-0.39, 0.29) is 11.9 Å². The summed E-state index contributed by atoms with van der Waals surface area (Å²) in [5.74, 6) is 0.142. The Morgan fingerprint density at radius 3 is 2.69 bits per heavy atom. The molecule has 2 N–H and O–H groups in total. The highest BCUT2D eigenvalue weighted by Gasteiger charge is 2.18. The van der Waals surface area contributed by atoms with Crippen LogP contribution in [0.1, 0.15) is 46.0 Å². The number of nitrogens with zero attached hydrogens (tertiary/aromatic N) is 1. The number of benzene rings is 1.